The normalized spacial score (nSPS) is 10.7. The first-order valence-corrected chi connectivity index (χ1v) is 7.43. The van der Waals surface area contributed by atoms with Crippen LogP contribution >= 0.6 is 39.1 Å². The van der Waals surface area contributed by atoms with Crippen LogP contribution in [0.4, 0.5) is 5.69 Å². The van der Waals surface area contributed by atoms with Gasteiger partial charge in [0.25, 0.3) is 0 Å². The van der Waals surface area contributed by atoms with Crippen molar-refractivity contribution < 1.29 is 4.74 Å². The van der Waals surface area contributed by atoms with Gasteiger partial charge in [-0.15, -0.1) is 0 Å². The van der Waals surface area contributed by atoms with Crippen molar-refractivity contribution in [2.24, 2.45) is 0 Å². The number of halogens is 3. The number of pyridine rings is 1. The van der Waals surface area contributed by atoms with Gasteiger partial charge in [0.2, 0.25) is 0 Å². The van der Waals surface area contributed by atoms with Crippen LogP contribution in [0.25, 0.3) is 0 Å². The van der Waals surface area contributed by atoms with E-state index < -0.39 is 0 Å². The van der Waals surface area contributed by atoms with Crippen LogP contribution < -0.4 is 10.5 Å². The molecule has 3 nitrogen and oxygen atoms in total. The van der Waals surface area contributed by atoms with Crippen LogP contribution in [-0.4, -0.2) is 4.98 Å². The first-order valence-electron chi connectivity index (χ1n) is 5.88. The Balaban J connectivity index is 2.21. The molecule has 0 aliphatic heterocycles. The maximum atomic E-state index is 6.11. The lowest BCUT2D eigenvalue weighted by Crippen LogP contribution is -2.05. The minimum absolute atomic E-state index is 0.286. The molecule has 2 aromatic rings. The van der Waals surface area contributed by atoms with Crippen LogP contribution in [-0.2, 0) is 6.61 Å². The molecule has 1 heterocycles. The van der Waals surface area contributed by atoms with Crippen LogP contribution in [0.3, 0.4) is 0 Å². The number of nitrogens with zero attached hydrogens (tertiary/aromatic N) is 1. The molecule has 0 unspecified atom stereocenters. The number of nitrogen functional groups attached to an aromatic ring is 1. The molecule has 0 bridgehead atoms. The van der Waals surface area contributed by atoms with Gasteiger partial charge in [-0.25, -0.2) is 0 Å². The zero-order valence-electron chi connectivity index (χ0n) is 11.0. The lowest BCUT2D eigenvalue weighted by atomic mass is 10.1. The summed E-state index contributed by atoms with van der Waals surface area (Å²) in [6, 6.07) is 3.36. The van der Waals surface area contributed by atoms with E-state index in [1.165, 1.54) is 0 Å². The van der Waals surface area contributed by atoms with E-state index in [2.05, 4.69) is 20.9 Å². The van der Waals surface area contributed by atoms with Crippen LogP contribution in [0.5, 0.6) is 5.75 Å². The van der Waals surface area contributed by atoms with E-state index in [-0.39, 0.29) is 6.61 Å². The average Bonchev–Trinajstić information content (AvgIpc) is 2.40. The molecule has 106 valence electrons. The summed E-state index contributed by atoms with van der Waals surface area (Å²) in [5.74, 6) is 0.514. The van der Waals surface area contributed by atoms with Gasteiger partial charge in [0.05, 0.1) is 15.7 Å². The van der Waals surface area contributed by atoms with Crippen LogP contribution in [0.2, 0.25) is 10.0 Å². The lowest BCUT2D eigenvalue weighted by Gasteiger charge is -2.12. The van der Waals surface area contributed by atoms with E-state index in [1.807, 2.05) is 13.8 Å². The van der Waals surface area contributed by atoms with Crippen LogP contribution in [0.15, 0.2) is 22.8 Å². The highest BCUT2D eigenvalue weighted by Crippen LogP contribution is 2.34. The third-order valence-electron chi connectivity index (χ3n) is 3.01. The van der Waals surface area contributed by atoms with Gasteiger partial charge in [-0.3, -0.25) is 4.98 Å². The van der Waals surface area contributed by atoms with E-state index in [4.69, 9.17) is 33.7 Å². The second-order valence-electron chi connectivity index (χ2n) is 4.41. The van der Waals surface area contributed by atoms with Gasteiger partial charge in [-0.05, 0) is 47.0 Å². The molecule has 2 N–H and O–H groups in total. The number of hydrogen-bond acceptors (Lipinski definition) is 3. The topological polar surface area (TPSA) is 48.1 Å². The van der Waals surface area contributed by atoms with Gasteiger partial charge in [0.1, 0.15) is 12.4 Å². The monoisotopic (exact) mass is 374 g/mol. The first kappa shape index (κ1) is 15.4. The molecule has 0 fully saturated rings. The minimum Gasteiger partial charge on any atom is -0.486 e. The molecular formula is C14H13BrCl2N2O. The van der Waals surface area contributed by atoms with E-state index in [1.54, 1.807) is 18.3 Å². The number of rotatable bonds is 3. The molecule has 0 aliphatic rings. The number of anilines is 1. The smallest absolute Gasteiger partial charge is 0.140 e. The average molecular weight is 376 g/mol. The molecule has 6 heteroatoms. The Hall–Kier alpha value is -0.970. The molecule has 0 atom stereocenters. The SMILES string of the molecule is Cc1cnc(COc2cc(Cl)c(Br)cc2Cl)c(C)c1N. The maximum absolute atomic E-state index is 6.11. The van der Waals surface area contributed by atoms with Gasteiger partial charge < -0.3 is 10.5 Å². The van der Waals surface area contributed by atoms with E-state index in [0.717, 1.165) is 27.0 Å². The fraction of sp³-hybridized carbons (Fsp3) is 0.214. The maximum Gasteiger partial charge on any atom is 0.140 e. The summed E-state index contributed by atoms with van der Waals surface area (Å²) in [6.07, 6.45) is 1.73. The van der Waals surface area contributed by atoms with Crippen molar-refractivity contribution in [2.75, 3.05) is 5.73 Å². The molecule has 2 rings (SSSR count). The zero-order valence-corrected chi connectivity index (χ0v) is 14.1. The standard InChI is InChI=1S/C14H13BrCl2N2O/c1-7-5-19-12(8(2)14(7)18)6-20-13-4-10(16)9(15)3-11(13)17/h3-5H,6H2,1-2H3,(H2,18,19). The predicted molar refractivity (Wildman–Crippen MR) is 86.6 cm³/mol. The molecular weight excluding hydrogens is 363 g/mol. The van der Waals surface area contributed by atoms with Crippen molar-refractivity contribution in [3.05, 3.63) is 49.7 Å². The summed E-state index contributed by atoms with van der Waals surface area (Å²) < 4.78 is 6.41. The fourth-order valence-electron chi connectivity index (χ4n) is 1.70. The number of hydrogen-bond donors (Lipinski definition) is 1. The Bertz CT molecular complexity index is 660. The van der Waals surface area contributed by atoms with E-state index >= 15 is 0 Å². The van der Waals surface area contributed by atoms with Crippen molar-refractivity contribution >= 4 is 44.8 Å². The first-order chi connectivity index (χ1) is 9.40. The third kappa shape index (κ3) is 3.19. The molecule has 20 heavy (non-hydrogen) atoms. The molecule has 1 aromatic heterocycles. The van der Waals surface area contributed by atoms with E-state index in [0.29, 0.717) is 15.8 Å². The van der Waals surface area contributed by atoms with Crippen molar-refractivity contribution in [3.63, 3.8) is 0 Å². The van der Waals surface area contributed by atoms with Gasteiger partial charge >= 0.3 is 0 Å². The molecule has 1 aromatic carbocycles. The highest BCUT2D eigenvalue weighted by atomic mass is 79.9. The summed E-state index contributed by atoms with van der Waals surface area (Å²) in [5, 5.41) is 1.02. The van der Waals surface area contributed by atoms with Crippen molar-refractivity contribution in [2.45, 2.75) is 20.5 Å². The van der Waals surface area contributed by atoms with Gasteiger partial charge in [-0.1, -0.05) is 23.2 Å². The highest BCUT2D eigenvalue weighted by molar-refractivity contribution is 9.10. The largest absolute Gasteiger partial charge is 0.486 e. The summed E-state index contributed by atoms with van der Waals surface area (Å²) in [6.45, 7) is 4.13. The second-order valence-corrected chi connectivity index (χ2v) is 6.08. The van der Waals surface area contributed by atoms with Crippen molar-refractivity contribution in [1.29, 1.82) is 0 Å². The number of aromatic nitrogens is 1. The molecule has 0 aliphatic carbocycles. The van der Waals surface area contributed by atoms with E-state index in [9.17, 15) is 0 Å². The number of ether oxygens (including phenoxy) is 1. The molecule has 0 saturated carbocycles. The summed E-state index contributed by atoms with van der Waals surface area (Å²) in [7, 11) is 0. The number of benzene rings is 1. The Kier molecular flexibility index (Phi) is 4.78. The lowest BCUT2D eigenvalue weighted by molar-refractivity contribution is 0.300. The summed E-state index contributed by atoms with van der Waals surface area (Å²) >= 11 is 15.4. The van der Waals surface area contributed by atoms with Crippen molar-refractivity contribution in [3.8, 4) is 5.75 Å². The zero-order chi connectivity index (χ0) is 14.9. The van der Waals surface area contributed by atoms with Gasteiger partial charge in [0, 0.05) is 22.4 Å². The van der Waals surface area contributed by atoms with Crippen LogP contribution in [0.1, 0.15) is 16.8 Å². The van der Waals surface area contributed by atoms with Gasteiger partial charge in [0.15, 0.2) is 0 Å². The Morgan fingerprint density at radius 3 is 2.65 bits per heavy atom. The Labute approximate surface area is 136 Å². The van der Waals surface area contributed by atoms with Crippen molar-refractivity contribution in [1.82, 2.24) is 4.98 Å². The predicted octanol–water partition coefficient (Wildman–Crippen LogP) is 4.93. The summed E-state index contributed by atoms with van der Waals surface area (Å²) in [4.78, 5) is 4.33. The third-order valence-corrected chi connectivity index (χ3v) is 4.51. The Morgan fingerprint density at radius 2 is 1.95 bits per heavy atom. The summed E-state index contributed by atoms with van der Waals surface area (Å²) in [5.41, 5.74) is 9.37. The Morgan fingerprint density at radius 1 is 1.25 bits per heavy atom. The molecule has 0 spiro atoms. The fourth-order valence-corrected chi connectivity index (χ4v) is 2.55. The molecule has 0 saturated heterocycles. The molecule has 0 amide bonds. The molecule has 0 radical (unpaired) electrons. The number of aryl methyl sites for hydroxylation is 1. The highest BCUT2D eigenvalue weighted by Gasteiger charge is 2.10. The van der Waals surface area contributed by atoms with Gasteiger partial charge in [-0.2, -0.15) is 0 Å². The minimum atomic E-state index is 0.286. The number of nitrogens with two attached hydrogens (primary N) is 1. The second kappa shape index (κ2) is 6.20. The van der Waals surface area contributed by atoms with Crippen LogP contribution in [0, 0.1) is 13.8 Å². The quantitative estimate of drug-likeness (QED) is 0.773.